The van der Waals surface area contributed by atoms with Crippen LogP contribution in [-0.4, -0.2) is 10.4 Å². The van der Waals surface area contributed by atoms with Crippen molar-refractivity contribution >= 4 is 49.8 Å². The largest absolute Gasteiger partial charge is 0.370 e. The predicted molar refractivity (Wildman–Crippen MR) is 189 cm³/mol. The first kappa shape index (κ1) is 24.5. The van der Waals surface area contributed by atoms with E-state index in [0.717, 1.165) is 28.2 Å². The van der Waals surface area contributed by atoms with E-state index in [1.54, 1.807) is 0 Å². The zero-order chi connectivity index (χ0) is 29.5. The predicted octanol–water partition coefficient (Wildman–Crippen LogP) is 11.0. The number of para-hydroxylation sites is 3. The van der Waals surface area contributed by atoms with E-state index >= 15 is 0 Å². The van der Waals surface area contributed by atoms with Gasteiger partial charge in [-0.25, -0.2) is 4.99 Å². The van der Waals surface area contributed by atoms with Crippen LogP contribution in [0, 0.1) is 0 Å². The molecule has 10 rings (SSSR count). The van der Waals surface area contributed by atoms with Crippen molar-refractivity contribution in [3.05, 3.63) is 157 Å². The Kier molecular flexibility index (Phi) is 5.06. The molecule has 3 nitrogen and oxygen atoms in total. The first-order chi connectivity index (χ1) is 22.3. The standard InChI is InChI=1S/C42H27N3/c1-2-13-26(14-3-1)41-42(44-36-23-10-9-22-35(36)43-41)45-37-24-11-8-19-32(37)40-33-21-12-20-31-29-17-6-4-15-27(29)28-16-5-7-18-30(28)34(39(31)33)25-38(40)45/h1-25,41,43H. The summed E-state index contributed by atoms with van der Waals surface area (Å²) in [5.74, 6) is 0.971. The van der Waals surface area contributed by atoms with E-state index < -0.39 is 0 Å². The number of aromatic nitrogens is 1. The maximum absolute atomic E-state index is 5.43. The molecule has 0 saturated heterocycles. The molecule has 7 aromatic carbocycles. The van der Waals surface area contributed by atoms with Crippen molar-refractivity contribution in [2.24, 2.45) is 4.99 Å². The van der Waals surface area contributed by atoms with Crippen molar-refractivity contribution in [3.8, 4) is 33.4 Å². The van der Waals surface area contributed by atoms with Crippen LogP contribution in [0.4, 0.5) is 11.4 Å². The van der Waals surface area contributed by atoms with Crippen molar-refractivity contribution in [3.63, 3.8) is 0 Å². The lowest BCUT2D eigenvalue weighted by Gasteiger charge is -2.29. The molecule has 1 atom stereocenters. The minimum Gasteiger partial charge on any atom is -0.370 e. The average molecular weight is 574 g/mol. The molecule has 0 bridgehead atoms. The number of hydrogen-bond donors (Lipinski definition) is 1. The second-order valence-corrected chi connectivity index (χ2v) is 12.0. The maximum atomic E-state index is 5.43. The molecule has 0 amide bonds. The third-order valence-electron chi connectivity index (χ3n) is 9.58. The van der Waals surface area contributed by atoms with E-state index in [2.05, 4.69) is 162 Å². The number of anilines is 1. The summed E-state index contributed by atoms with van der Waals surface area (Å²) in [4.78, 5) is 5.43. The monoisotopic (exact) mass is 573 g/mol. The quantitative estimate of drug-likeness (QED) is 0.208. The molecule has 1 aliphatic heterocycles. The zero-order valence-corrected chi connectivity index (χ0v) is 24.4. The van der Waals surface area contributed by atoms with E-state index in [1.807, 2.05) is 0 Å². The molecule has 1 aliphatic carbocycles. The Morgan fingerprint density at radius 3 is 1.87 bits per heavy atom. The number of fused-ring (bicyclic) bond motifs is 10. The highest BCUT2D eigenvalue weighted by atomic mass is 15.2. The SMILES string of the molecule is c1ccc(C2Nc3ccccc3N=C2n2c3ccccc3c3c4cccc5c4c(cc32)-c2ccccc2-c2ccccc2-5)cc1. The summed E-state index contributed by atoms with van der Waals surface area (Å²) in [6.45, 7) is 0. The molecule has 1 unspecified atom stereocenters. The van der Waals surface area contributed by atoms with Gasteiger partial charge in [-0.3, -0.25) is 4.57 Å². The second kappa shape index (κ2) is 9.28. The van der Waals surface area contributed by atoms with Crippen LogP contribution < -0.4 is 5.32 Å². The summed E-state index contributed by atoms with van der Waals surface area (Å²) >= 11 is 0. The summed E-state index contributed by atoms with van der Waals surface area (Å²) in [7, 11) is 0. The molecule has 0 saturated carbocycles. The van der Waals surface area contributed by atoms with Gasteiger partial charge in [0.1, 0.15) is 11.9 Å². The van der Waals surface area contributed by atoms with Crippen molar-refractivity contribution < 1.29 is 0 Å². The molecule has 210 valence electrons. The smallest absolute Gasteiger partial charge is 0.141 e. The summed E-state index contributed by atoms with van der Waals surface area (Å²) in [6.07, 6.45) is 0. The van der Waals surface area contributed by atoms with Crippen LogP contribution in [0.5, 0.6) is 0 Å². The first-order valence-electron chi connectivity index (χ1n) is 15.5. The Morgan fingerprint density at radius 2 is 1.07 bits per heavy atom. The molecule has 0 radical (unpaired) electrons. The fourth-order valence-electron chi connectivity index (χ4n) is 7.69. The molecule has 1 aromatic heterocycles. The fourth-order valence-corrected chi connectivity index (χ4v) is 7.69. The van der Waals surface area contributed by atoms with Gasteiger partial charge in [-0.05, 0) is 74.0 Å². The van der Waals surface area contributed by atoms with Crippen molar-refractivity contribution in [2.75, 3.05) is 5.32 Å². The summed E-state index contributed by atoms with van der Waals surface area (Å²) in [5, 5.41) is 8.92. The summed E-state index contributed by atoms with van der Waals surface area (Å²) in [6, 6.07) is 54.7. The molecule has 0 spiro atoms. The lowest BCUT2D eigenvalue weighted by atomic mass is 9.91. The molecule has 2 heterocycles. The molecule has 1 N–H and O–H groups in total. The third kappa shape index (κ3) is 3.44. The lowest BCUT2D eigenvalue weighted by molar-refractivity contribution is 0.962. The van der Waals surface area contributed by atoms with Crippen molar-refractivity contribution in [1.29, 1.82) is 0 Å². The van der Waals surface area contributed by atoms with Gasteiger partial charge in [0.05, 0.1) is 22.4 Å². The van der Waals surface area contributed by atoms with Gasteiger partial charge in [0.25, 0.3) is 0 Å². The van der Waals surface area contributed by atoms with Gasteiger partial charge in [0, 0.05) is 10.8 Å². The van der Waals surface area contributed by atoms with Gasteiger partial charge in [-0.1, -0.05) is 127 Å². The van der Waals surface area contributed by atoms with Crippen LogP contribution in [0.2, 0.25) is 0 Å². The number of nitrogens with zero attached hydrogens (tertiary/aromatic N) is 2. The number of benzene rings is 7. The Balaban J connectivity index is 1.39. The summed E-state index contributed by atoms with van der Waals surface area (Å²) in [5.41, 5.74) is 13.1. The molecule has 3 heteroatoms. The zero-order valence-electron chi connectivity index (χ0n) is 24.4. The van der Waals surface area contributed by atoms with Crippen LogP contribution in [0.15, 0.2) is 157 Å². The highest BCUT2D eigenvalue weighted by Gasteiger charge is 2.30. The van der Waals surface area contributed by atoms with Gasteiger partial charge in [-0.2, -0.15) is 0 Å². The second-order valence-electron chi connectivity index (χ2n) is 12.0. The molecular formula is C42H27N3. The Morgan fingerprint density at radius 1 is 0.467 bits per heavy atom. The number of aliphatic imine (C=N–C) groups is 1. The van der Waals surface area contributed by atoms with Crippen LogP contribution in [-0.2, 0) is 0 Å². The first-order valence-corrected chi connectivity index (χ1v) is 15.5. The highest BCUT2D eigenvalue weighted by Crippen LogP contribution is 2.51. The van der Waals surface area contributed by atoms with E-state index in [4.69, 9.17) is 4.99 Å². The normalized spacial score (nSPS) is 14.8. The van der Waals surface area contributed by atoms with E-state index in [1.165, 1.54) is 60.5 Å². The van der Waals surface area contributed by atoms with Gasteiger partial charge < -0.3 is 5.32 Å². The van der Waals surface area contributed by atoms with Gasteiger partial charge in [-0.15, -0.1) is 0 Å². The van der Waals surface area contributed by atoms with Gasteiger partial charge >= 0.3 is 0 Å². The van der Waals surface area contributed by atoms with Crippen molar-refractivity contribution in [1.82, 2.24) is 4.57 Å². The number of hydrogen-bond acceptors (Lipinski definition) is 2. The lowest BCUT2D eigenvalue weighted by Crippen LogP contribution is -2.29. The highest BCUT2D eigenvalue weighted by molar-refractivity contribution is 6.30. The molecule has 8 aromatic rings. The topological polar surface area (TPSA) is 29.3 Å². The fraction of sp³-hybridized carbons (Fsp3) is 0.0238. The van der Waals surface area contributed by atoms with E-state index in [0.29, 0.717) is 0 Å². The summed E-state index contributed by atoms with van der Waals surface area (Å²) < 4.78 is 2.41. The third-order valence-corrected chi connectivity index (χ3v) is 9.58. The van der Waals surface area contributed by atoms with Crippen LogP contribution in [0.25, 0.3) is 66.0 Å². The maximum Gasteiger partial charge on any atom is 0.141 e. The van der Waals surface area contributed by atoms with Gasteiger partial charge in [0.2, 0.25) is 0 Å². The Labute approximate surface area is 260 Å². The van der Waals surface area contributed by atoms with Crippen LogP contribution in [0.3, 0.4) is 0 Å². The van der Waals surface area contributed by atoms with Crippen molar-refractivity contribution in [2.45, 2.75) is 6.04 Å². The van der Waals surface area contributed by atoms with E-state index in [9.17, 15) is 0 Å². The number of nitrogens with one attached hydrogen (secondary N) is 1. The minimum atomic E-state index is -0.127. The molecular weight excluding hydrogens is 546 g/mol. The molecule has 2 aliphatic rings. The van der Waals surface area contributed by atoms with Crippen LogP contribution in [0.1, 0.15) is 11.6 Å². The molecule has 0 fully saturated rings. The number of rotatable bonds is 1. The van der Waals surface area contributed by atoms with E-state index in [-0.39, 0.29) is 6.04 Å². The van der Waals surface area contributed by atoms with Crippen LogP contribution >= 0.6 is 0 Å². The average Bonchev–Trinajstić information content (AvgIpc) is 3.39. The van der Waals surface area contributed by atoms with Gasteiger partial charge in [0.15, 0.2) is 0 Å². The Hall–Kier alpha value is -5.93. The molecule has 45 heavy (non-hydrogen) atoms. The minimum absolute atomic E-state index is 0.127. The Bertz CT molecular complexity index is 2520.